The van der Waals surface area contributed by atoms with Crippen molar-refractivity contribution in [2.45, 2.75) is 25.4 Å². The average molecular weight is 236 g/mol. The van der Waals surface area contributed by atoms with Crippen molar-refractivity contribution in [1.29, 1.82) is 5.41 Å². The maximum Gasteiger partial charge on any atom is 0.337 e. The predicted molar refractivity (Wildman–Crippen MR) is 64.0 cm³/mol. The topological polar surface area (TPSA) is 68.3 Å². The van der Waals surface area contributed by atoms with Gasteiger partial charge < -0.3 is 14.6 Å². The zero-order valence-electron chi connectivity index (χ0n) is 9.13. The van der Waals surface area contributed by atoms with Gasteiger partial charge in [0.2, 0.25) is 0 Å². The molecule has 0 aliphatic carbocycles. The SMILES string of the molecule is CC[Si](CCCSC(=N)N)(OC)OC. The zero-order valence-corrected chi connectivity index (χ0v) is 10.9. The van der Waals surface area contributed by atoms with E-state index in [0.717, 1.165) is 24.3 Å². The summed E-state index contributed by atoms with van der Waals surface area (Å²) in [7, 11) is 1.53. The minimum atomic E-state index is -1.91. The fourth-order valence-electron chi connectivity index (χ4n) is 1.28. The van der Waals surface area contributed by atoms with Crippen molar-refractivity contribution in [2.24, 2.45) is 5.73 Å². The summed E-state index contributed by atoms with van der Waals surface area (Å²) in [4.78, 5) is 0. The van der Waals surface area contributed by atoms with Gasteiger partial charge >= 0.3 is 8.56 Å². The van der Waals surface area contributed by atoms with Crippen LogP contribution in [-0.4, -0.2) is 33.7 Å². The van der Waals surface area contributed by atoms with Crippen LogP contribution in [0.1, 0.15) is 13.3 Å². The molecule has 3 N–H and O–H groups in total. The molecule has 0 atom stereocenters. The Balaban J connectivity index is 3.77. The summed E-state index contributed by atoms with van der Waals surface area (Å²) in [6.07, 6.45) is 0.992. The number of amidine groups is 1. The molecule has 6 heteroatoms. The maximum absolute atomic E-state index is 7.05. The monoisotopic (exact) mass is 236 g/mol. The van der Waals surface area contributed by atoms with E-state index in [1.807, 2.05) is 0 Å². The van der Waals surface area contributed by atoms with Crippen molar-refractivity contribution in [3.05, 3.63) is 0 Å². The second-order valence-corrected chi connectivity index (χ2v) is 7.97. The van der Waals surface area contributed by atoms with Crippen molar-refractivity contribution >= 4 is 25.5 Å². The summed E-state index contributed by atoms with van der Waals surface area (Å²) in [5, 5.41) is 7.24. The van der Waals surface area contributed by atoms with Gasteiger partial charge in [0.15, 0.2) is 5.17 Å². The van der Waals surface area contributed by atoms with Crippen LogP contribution in [0.4, 0.5) is 0 Å². The highest BCUT2D eigenvalue weighted by Crippen LogP contribution is 2.20. The van der Waals surface area contributed by atoms with Gasteiger partial charge in [-0.2, -0.15) is 0 Å². The number of rotatable bonds is 7. The van der Waals surface area contributed by atoms with Crippen LogP contribution < -0.4 is 5.73 Å². The summed E-state index contributed by atoms with van der Waals surface area (Å²) in [5.41, 5.74) is 5.23. The van der Waals surface area contributed by atoms with Gasteiger partial charge in [-0.05, 0) is 18.5 Å². The molecular weight excluding hydrogens is 216 g/mol. The molecule has 0 fully saturated rings. The summed E-state index contributed by atoms with van der Waals surface area (Å²) in [6, 6.07) is 1.93. The Labute approximate surface area is 91.3 Å². The fraction of sp³-hybridized carbons (Fsp3) is 0.875. The zero-order chi connectivity index (χ0) is 11.0. The van der Waals surface area contributed by atoms with E-state index in [0.29, 0.717) is 0 Å². The molecule has 0 aromatic carbocycles. The van der Waals surface area contributed by atoms with Gasteiger partial charge in [0.05, 0.1) is 0 Å². The molecule has 0 aliphatic rings. The van der Waals surface area contributed by atoms with Crippen LogP contribution in [0.2, 0.25) is 12.1 Å². The van der Waals surface area contributed by atoms with E-state index in [2.05, 4.69) is 6.92 Å². The first-order valence-electron chi connectivity index (χ1n) is 4.67. The molecule has 0 saturated carbocycles. The fourth-order valence-corrected chi connectivity index (χ4v) is 4.26. The van der Waals surface area contributed by atoms with Crippen LogP contribution in [0.25, 0.3) is 0 Å². The third kappa shape index (κ3) is 4.99. The molecule has 0 heterocycles. The molecule has 0 saturated heterocycles. The smallest absolute Gasteiger partial charge is 0.337 e. The lowest BCUT2D eigenvalue weighted by atomic mass is 10.6. The van der Waals surface area contributed by atoms with E-state index in [4.69, 9.17) is 20.0 Å². The van der Waals surface area contributed by atoms with Gasteiger partial charge in [0, 0.05) is 20.0 Å². The summed E-state index contributed by atoms with van der Waals surface area (Å²) < 4.78 is 10.9. The maximum atomic E-state index is 7.05. The Morgan fingerprint density at radius 3 is 2.36 bits per heavy atom. The highest BCUT2D eigenvalue weighted by atomic mass is 32.2. The van der Waals surface area contributed by atoms with Crippen LogP contribution in [0.5, 0.6) is 0 Å². The molecule has 0 amide bonds. The van der Waals surface area contributed by atoms with Crippen molar-refractivity contribution in [3.63, 3.8) is 0 Å². The predicted octanol–water partition coefficient (Wildman–Crippen LogP) is 1.76. The minimum absolute atomic E-state index is 0.184. The molecule has 0 rings (SSSR count). The Hall–Kier alpha value is -0.0431. The first kappa shape index (κ1) is 14.0. The molecule has 14 heavy (non-hydrogen) atoms. The lowest BCUT2D eigenvalue weighted by Gasteiger charge is -2.25. The van der Waals surface area contributed by atoms with E-state index < -0.39 is 8.56 Å². The van der Waals surface area contributed by atoms with Gasteiger partial charge in [0.1, 0.15) is 0 Å². The third-order valence-corrected chi connectivity index (χ3v) is 6.73. The van der Waals surface area contributed by atoms with Crippen molar-refractivity contribution < 1.29 is 8.85 Å². The van der Waals surface area contributed by atoms with E-state index in [9.17, 15) is 0 Å². The quantitative estimate of drug-likeness (QED) is 0.306. The van der Waals surface area contributed by atoms with Crippen LogP contribution in [0, 0.1) is 5.41 Å². The van der Waals surface area contributed by atoms with Gasteiger partial charge in [-0.25, -0.2) is 0 Å². The van der Waals surface area contributed by atoms with Crippen LogP contribution in [-0.2, 0) is 8.85 Å². The highest BCUT2D eigenvalue weighted by Gasteiger charge is 2.32. The Bertz CT molecular complexity index is 168. The van der Waals surface area contributed by atoms with Crippen LogP contribution in [0.3, 0.4) is 0 Å². The number of nitrogens with one attached hydrogen (secondary N) is 1. The second-order valence-electron chi connectivity index (χ2n) is 2.99. The van der Waals surface area contributed by atoms with E-state index in [1.165, 1.54) is 11.8 Å². The van der Waals surface area contributed by atoms with E-state index in [-0.39, 0.29) is 5.17 Å². The number of nitrogens with two attached hydrogens (primary N) is 1. The van der Waals surface area contributed by atoms with Gasteiger partial charge in [0.25, 0.3) is 0 Å². The highest BCUT2D eigenvalue weighted by molar-refractivity contribution is 8.13. The van der Waals surface area contributed by atoms with Crippen molar-refractivity contribution in [3.8, 4) is 0 Å². The average Bonchev–Trinajstić information content (AvgIpc) is 2.19. The number of hydrogen-bond acceptors (Lipinski definition) is 4. The molecular formula is C8H20N2O2SSi. The first-order valence-corrected chi connectivity index (χ1v) is 7.89. The minimum Gasteiger partial charge on any atom is -0.398 e. The van der Waals surface area contributed by atoms with E-state index >= 15 is 0 Å². The lowest BCUT2D eigenvalue weighted by molar-refractivity contribution is 0.242. The van der Waals surface area contributed by atoms with Crippen LogP contribution in [0.15, 0.2) is 0 Å². The molecule has 0 unspecified atom stereocenters. The molecule has 0 radical (unpaired) electrons. The van der Waals surface area contributed by atoms with Crippen LogP contribution >= 0.6 is 11.8 Å². The van der Waals surface area contributed by atoms with E-state index in [1.54, 1.807) is 14.2 Å². The molecule has 0 aromatic rings. The molecule has 0 bridgehead atoms. The summed E-state index contributed by atoms with van der Waals surface area (Å²) >= 11 is 1.38. The Morgan fingerprint density at radius 1 is 1.43 bits per heavy atom. The molecule has 0 spiro atoms. The van der Waals surface area contributed by atoms with Gasteiger partial charge in [-0.1, -0.05) is 18.7 Å². The standard InChI is InChI=1S/C8H20N2O2SSi/c1-4-14(11-2,12-3)7-5-6-13-8(9)10/h4-7H2,1-3H3,(H3,9,10). The Kier molecular flexibility index (Phi) is 7.25. The second kappa shape index (κ2) is 7.28. The molecule has 0 aromatic heterocycles. The summed E-state index contributed by atoms with van der Waals surface area (Å²) in [6.45, 7) is 2.09. The van der Waals surface area contributed by atoms with Crippen molar-refractivity contribution in [2.75, 3.05) is 20.0 Å². The molecule has 4 nitrogen and oxygen atoms in total. The van der Waals surface area contributed by atoms with Gasteiger partial charge in [-0.3, -0.25) is 5.41 Å². The molecule has 0 aliphatic heterocycles. The first-order chi connectivity index (χ1) is 6.60. The molecule has 84 valence electrons. The van der Waals surface area contributed by atoms with Crippen molar-refractivity contribution in [1.82, 2.24) is 0 Å². The third-order valence-electron chi connectivity index (χ3n) is 2.24. The number of hydrogen-bond donors (Lipinski definition) is 2. The Morgan fingerprint density at radius 2 is 2.00 bits per heavy atom. The normalized spacial score (nSPS) is 11.6. The van der Waals surface area contributed by atoms with Gasteiger partial charge in [-0.15, -0.1) is 0 Å². The number of thioether (sulfide) groups is 1. The largest absolute Gasteiger partial charge is 0.398 e. The summed E-state index contributed by atoms with van der Waals surface area (Å²) in [5.74, 6) is 0.872. The lowest BCUT2D eigenvalue weighted by Crippen LogP contribution is -2.39.